The van der Waals surface area contributed by atoms with Crippen LogP contribution in [-0.4, -0.2) is 60.2 Å². The third kappa shape index (κ3) is 3.47. The summed E-state index contributed by atoms with van der Waals surface area (Å²) in [7, 11) is -3.90. The van der Waals surface area contributed by atoms with Gasteiger partial charge in [0, 0.05) is 6.54 Å². The van der Waals surface area contributed by atoms with Gasteiger partial charge in [0.05, 0.1) is 33.3 Å². The Bertz CT molecular complexity index is 1040. The first kappa shape index (κ1) is 21.1. The van der Waals surface area contributed by atoms with Crippen LogP contribution in [0.5, 0.6) is 0 Å². The Labute approximate surface area is 179 Å². The van der Waals surface area contributed by atoms with Gasteiger partial charge in [-0.3, -0.25) is 9.59 Å². The minimum absolute atomic E-state index is 0.0379. The molecule has 8 nitrogen and oxygen atoms in total. The van der Waals surface area contributed by atoms with Crippen molar-refractivity contribution in [3.8, 4) is 6.07 Å². The number of amides is 2. The van der Waals surface area contributed by atoms with Crippen LogP contribution in [0, 0.1) is 16.7 Å². The topological polar surface area (TPSA) is 128 Å². The van der Waals surface area contributed by atoms with Crippen molar-refractivity contribution < 1.29 is 23.1 Å². The van der Waals surface area contributed by atoms with Crippen LogP contribution in [0.2, 0.25) is 5.02 Å². The lowest BCUT2D eigenvalue weighted by Gasteiger charge is -2.28. The number of hydrogen-bond donors (Lipinski definition) is 2. The number of likely N-dealkylation sites (tertiary alicyclic amines) is 1. The number of nitrogens with zero attached hydrogens (tertiary/aromatic N) is 2. The largest absolute Gasteiger partial charge is 0.395 e. The predicted octanol–water partition coefficient (Wildman–Crippen LogP) is 1.03. The van der Waals surface area contributed by atoms with Crippen molar-refractivity contribution in [3.63, 3.8) is 0 Å². The van der Waals surface area contributed by atoms with Crippen LogP contribution in [0.1, 0.15) is 32.1 Å². The molecule has 4 rings (SSSR count). The van der Waals surface area contributed by atoms with E-state index in [9.17, 15) is 28.4 Å². The van der Waals surface area contributed by atoms with Crippen molar-refractivity contribution in [2.24, 2.45) is 5.41 Å². The summed E-state index contributed by atoms with van der Waals surface area (Å²) in [6.07, 6.45) is 1.96. The Morgan fingerprint density at radius 2 is 1.93 bits per heavy atom. The van der Waals surface area contributed by atoms with Gasteiger partial charge in [0.2, 0.25) is 11.8 Å². The average molecular weight is 452 g/mol. The SMILES string of the molecule is N#CC1(NC(=O)[C@@H]2C[C@@H](S(=O)(=O)c3ccccc3Cl)CN2C(=O)C2(CO)CC2)CC1. The second kappa shape index (κ2) is 7.22. The minimum atomic E-state index is -3.90. The summed E-state index contributed by atoms with van der Waals surface area (Å²) in [4.78, 5) is 27.3. The van der Waals surface area contributed by atoms with Crippen LogP contribution in [0.15, 0.2) is 29.2 Å². The Morgan fingerprint density at radius 3 is 2.47 bits per heavy atom. The molecule has 3 fully saturated rings. The van der Waals surface area contributed by atoms with Crippen LogP contribution >= 0.6 is 11.6 Å². The number of carbonyl (C=O) groups is 2. The molecule has 1 saturated heterocycles. The highest BCUT2D eigenvalue weighted by Crippen LogP contribution is 2.48. The Morgan fingerprint density at radius 1 is 1.27 bits per heavy atom. The normalized spacial score (nSPS) is 26.0. The lowest BCUT2D eigenvalue weighted by Crippen LogP contribution is -2.51. The molecule has 0 bridgehead atoms. The maximum Gasteiger partial charge on any atom is 0.244 e. The van der Waals surface area contributed by atoms with Crippen LogP contribution in [0.25, 0.3) is 0 Å². The third-order valence-electron chi connectivity index (χ3n) is 6.34. The van der Waals surface area contributed by atoms with E-state index < -0.39 is 43.9 Å². The second-order valence-electron chi connectivity index (χ2n) is 8.43. The van der Waals surface area contributed by atoms with E-state index >= 15 is 0 Å². The minimum Gasteiger partial charge on any atom is -0.395 e. The summed E-state index contributed by atoms with van der Waals surface area (Å²) in [6, 6.07) is 7.12. The van der Waals surface area contributed by atoms with Gasteiger partial charge in [0.25, 0.3) is 0 Å². The summed E-state index contributed by atoms with van der Waals surface area (Å²) in [5.74, 6) is -0.947. The molecule has 2 amide bonds. The van der Waals surface area contributed by atoms with Crippen LogP contribution in [0.4, 0.5) is 0 Å². The van der Waals surface area contributed by atoms with Crippen molar-refractivity contribution >= 4 is 33.3 Å². The van der Waals surface area contributed by atoms with E-state index in [2.05, 4.69) is 11.4 Å². The molecule has 2 saturated carbocycles. The van der Waals surface area contributed by atoms with Crippen molar-refractivity contribution in [2.45, 2.75) is 53.8 Å². The van der Waals surface area contributed by atoms with E-state index in [0.717, 1.165) is 0 Å². The van der Waals surface area contributed by atoms with Crippen molar-refractivity contribution in [2.75, 3.05) is 13.2 Å². The van der Waals surface area contributed by atoms with Crippen molar-refractivity contribution in [3.05, 3.63) is 29.3 Å². The van der Waals surface area contributed by atoms with E-state index in [1.807, 2.05) is 0 Å². The van der Waals surface area contributed by atoms with Gasteiger partial charge in [0.15, 0.2) is 9.84 Å². The number of sulfone groups is 1. The summed E-state index contributed by atoms with van der Waals surface area (Å²) >= 11 is 6.10. The quantitative estimate of drug-likeness (QED) is 0.664. The van der Waals surface area contributed by atoms with Crippen molar-refractivity contribution in [1.29, 1.82) is 5.26 Å². The van der Waals surface area contributed by atoms with Gasteiger partial charge in [-0.15, -0.1) is 0 Å². The molecule has 30 heavy (non-hydrogen) atoms. The van der Waals surface area contributed by atoms with Gasteiger partial charge < -0.3 is 15.3 Å². The number of nitriles is 1. The molecule has 1 aromatic carbocycles. The number of halogens is 1. The fourth-order valence-corrected chi connectivity index (χ4v) is 6.17. The molecule has 10 heteroatoms. The number of aliphatic hydroxyl groups is 1. The van der Waals surface area contributed by atoms with E-state index in [1.165, 1.54) is 17.0 Å². The molecule has 1 aliphatic heterocycles. The molecular weight excluding hydrogens is 430 g/mol. The summed E-state index contributed by atoms with van der Waals surface area (Å²) in [5.41, 5.74) is -1.87. The molecule has 0 radical (unpaired) electrons. The Balaban J connectivity index is 1.64. The maximum atomic E-state index is 13.2. The molecule has 0 aromatic heterocycles. The molecule has 2 N–H and O–H groups in total. The number of carbonyl (C=O) groups excluding carboxylic acids is 2. The molecule has 1 heterocycles. The zero-order chi connectivity index (χ0) is 21.7. The molecule has 0 unspecified atom stereocenters. The third-order valence-corrected chi connectivity index (χ3v) is 8.97. The fourth-order valence-electron chi connectivity index (χ4n) is 3.95. The number of hydrogen-bond acceptors (Lipinski definition) is 6. The monoisotopic (exact) mass is 451 g/mol. The predicted molar refractivity (Wildman–Crippen MR) is 107 cm³/mol. The first-order chi connectivity index (χ1) is 14.2. The van der Waals surface area contributed by atoms with Gasteiger partial charge >= 0.3 is 0 Å². The number of nitrogens with one attached hydrogen (secondary N) is 1. The average Bonchev–Trinajstić information content (AvgIpc) is 3.64. The van der Waals surface area contributed by atoms with Crippen LogP contribution < -0.4 is 5.32 Å². The molecule has 2 atom stereocenters. The van der Waals surface area contributed by atoms with Gasteiger partial charge in [-0.1, -0.05) is 23.7 Å². The summed E-state index contributed by atoms with van der Waals surface area (Å²) in [5, 5.41) is 20.7. The maximum absolute atomic E-state index is 13.2. The lowest BCUT2D eigenvalue weighted by atomic mass is 10.1. The van der Waals surface area contributed by atoms with Gasteiger partial charge in [-0.2, -0.15) is 5.26 Å². The molecule has 3 aliphatic rings. The number of rotatable bonds is 6. The molecule has 2 aliphatic carbocycles. The number of aliphatic hydroxyl groups excluding tert-OH is 1. The molecule has 0 spiro atoms. The van der Waals surface area contributed by atoms with Gasteiger partial charge in [-0.25, -0.2) is 8.42 Å². The molecule has 160 valence electrons. The highest BCUT2D eigenvalue weighted by molar-refractivity contribution is 7.92. The smallest absolute Gasteiger partial charge is 0.244 e. The van der Waals surface area contributed by atoms with E-state index in [-0.39, 0.29) is 29.5 Å². The zero-order valence-corrected chi connectivity index (χ0v) is 17.7. The van der Waals surface area contributed by atoms with Gasteiger partial charge in [0.1, 0.15) is 11.6 Å². The standard InChI is InChI=1S/C20H22ClN3O5S/c21-14-3-1-2-4-16(14)30(28,29)13-9-15(17(26)23-20(11-22)7-8-20)24(10-13)18(27)19(12-25)5-6-19/h1-4,13,15,25H,5-10,12H2,(H,23,26)/t13-,15+/m1/s1. The number of benzene rings is 1. The Kier molecular flexibility index (Phi) is 5.08. The van der Waals surface area contributed by atoms with Crippen LogP contribution in [0.3, 0.4) is 0 Å². The first-order valence-corrected chi connectivity index (χ1v) is 11.7. The summed E-state index contributed by atoms with van der Waals surface area (Å²) in [6.45, 7) is -0.507. The molecule has 1 aromatic rings. The first-order valence-electron chi connectivity index (χ1n) is 9.82. The summed E-state index contributed by atoms with van der Waals surface area (Å²) < 4.78 is 26.4. The van der Waals surface area contributed by atoms with E-state index in [4.69, 9.17) is 11.6 Å². The van der Waals surface area contributed by atoms with Crippen molar-refractivity contribution in [1.82, 2.24) is 10.2 Å². The highest BCUT2D eigenvalue weighted by Gasteiger charge is 2.57. The lowest BCUT2D eigenvalue weighted by molar-refractivity contribution is -0.144. The zero-order valence-electron chi connectivity index (χ0n) is 16.2. The van der Waals surface area contributed by atoms with E-state index in [0.29, 0.717) is 25.7 Å². The fraction of sp³-hybridized carbons (Fsp3) is 0.550. The van der Waals surface area contributed by atoms with Crippen LogP contribution in [-0.2, 0) is 19.4 Å². The second-order valence-corrected chi connectivity index (χ2v) is 11.0. The Hall–Kier alpha value is -2.15. The highest BCUT2D eigenvalue weighted by atomic mass is 35.5. The van der Waals surface area contributed by atoms with E-state index in [1.54, 1.807) is 12.1 Å². The molecular formula is C20H22ClN3O5S. The van der Waals surface area contributed by atoms with Gasteiger partial charge in [-0.05, 0) is 44.2 Å².